The number of nitrogens with one attached hydrogen (secondary N) is 2. The fourth-order valence-corrected chi connectivity index (χ4v) is 4.67. The minimum Gasteiger partial charge on any atom is -0.346 e. The summed E-state index contributed by atoms with van der Waals surface area (Å²) in [5, 5.41) is 5.29. The van der Waals surface area contributed by atoms with E-state index in [9.17, 15) is 4.79 Å². The Morgan fingerprint density at radius 1 is 1.24 bits per heavy atom. The minimum atomic E-state index is -0.226. The van der Waals surface area contributed by atoms with Gasteiger partial charge in [0, 0.05) is 5.54 Å². The highest BCUT2D eigenvalue weighted by molar-refractivity contribution is 5.95. The second-order valence-electron chi connectivity index (χ2n) is 8.96. The third kappa shape index (κ3) is 3.08. The van der Waals surface area contributed by atoms with Gasteiger partial charge in [-0.15, -0.1) is 0 Å². The van der Waals surface area contributed by atoms with E-state index in [1.165, 1.54) is 36.0 Å². The van der Waals surface area contributed by atoms with Gasteiger partial charge in [-0.1, -0.05) is 29.8 Å². The quantitative estimate of drug-likeness (QED) is 0.888. The number of nitrogens with zero attached hydrogens (tertiary/aromatic N) is 1. The molecule has 2 aliphatic carbocycles. The zero-order valence-electron chi connectivity index (χ0n) is 15.7. The van der Waals surface area contributed by atoms with Crippen molar-refractivity contribution >= 4 is 5.91 Å². The second kappa shape index (κ2) is 5.87. The molecule has 2 fully saturated rings. The Hall–Kier alpha value is -1.81. The summed E-state index contributed by atoms with van der Waals surface area (Å²) in [4.78, 5) is 13.1. The number of carbonyl (C=O) groups excluding carboxylic acids is 1. The van der Waals surface area contributed by atoms with Gasteiger partial charge in [-0.3, -0.25) is 9.80 Å². The van der Waals surface area contributed by atoms with Crippen molar-refractivity contribution in [1.29, 1.82) is 0 Å². The summed E-state index contributed by atoms with van der Waals surface area (Å²) < 4.78 is 0. The second-order valence-corrected chi connectivity index (χ2v) is 8.96. The fourth-order valence-electron chi connectivity index (χ4n) is 4.67. The first kappa shape index (κ1) is 16.6. The van der Waals surface area contributed by atoms with E-state index in [1.54, 1.807) is 0 Å². The van der Waals surface area contributed by atoms with Crippen LogP contribution in [0.3, 0.4) is 0 Å². The lowest BCUT2D eigenvalue weighted by atomic mass is 9.89. The zero-order valence-corrected chi connectivity index (χ0v) is 15.7. The summed E-state index contributed by atoms with van der Waals surface area (Å²) >= 11 is 0. The van der Waals surface area contributed by atoms with Gasteiger partial charge >= 0.3 is 0 Å². The Morgan fingerprint density at radius 2 is 1.96 bits per heavy atom. The van der Waals surface area contributed by atoms with Crippen molar-refractivity contribution in [3.63, 3.8) is 0 Å². The summed E-state index contributed by atoms with van der Waals surface area (Å²) in [6, 6.07) is 8.95. The molecule has 1 amide bonds. The van der Waals surface area contributed by atoms with E-state index >= 15 is 0 Å². The van der Waals surface area contributed by atoms with Crippen LogP contribution in [-0.2, 0) is 11.3 Å². The largest absolute Gasteiger partial charge is 0.346 e. The van der Waals surface area contributed by atoms with Gasteiger partial charge in [0.1, 0.15) is 5.70 Å². The predicted octanol–water partition coefficient (Wildman–Crippen LogP) is 3.28. The zero-order chi connectivity index (χ0) is 17.8. The Labute approximate surface area is 150 Å². The molecule has 134 valence electrons. The monoisotopic (exact) mass is 339 g/mol. The number of carbonyl (C=O) groups is 1. The molecular weight excluding hydrogens is 310 g/mol. The van der Waals surface area contributed by atoms with Gasteiger partial charge in [0.05, 0.1) is 12.6 Å². The standard InChI is InChI=1S/C21H29N3O/c1-13-5-7-14(8-6-13)12-24-19(20(25)22-21(2,3)4)17-15-9-10-16(11-15)18(17)23-24/h5-8,15-16,18,23H,9-12H2,1-4H3,(H,22,25). The van der Waals surface area contributed by atoms with Crippen LogP contribution in [0.25, 0.3) is 0 Å². The average molecular weight is 339 g/mol. The van der Waals surface area contributed by atoms with Crippen molar-refractivity contribution < 1.29 is 4.79 Å². The Morgan fingerprint density at radius 3 is 2.64 bits per heavy atom. The van der Waals surface area contributed by atoms with Crippen molar-refractivity contribution in [2.24, 2.45) is 11.8 Å². The number of hydrazine groups is 1. The van der Waals surface area contributed by atoms with Crippen LogP contribution in [0.15, 0.2) is 35.5 Å². The molecule has 4 heteroatoms. The van der Waals surface area contributed by atoms with Gasteiger partial charge in [0.25, 0.3) is 5.91 Å². The number of hydrogen-bond acceptors (Lipinski definition) is 3. The van der Waals surface area contributed by atoms with Gasteiger partial charge < -0.3 is 5.32 Å². The third-order valence-corrected chi connectivity index (χ3v) is 5.72. The maximum absolute atomic E-state index is 13.1. The molecule has 3 aliphatic rings. The maximum Gasteiger partial charge on any atom is 0.269 e. The van der Waals surface area contributed by atoms with Gasteiger partial charge in [0.15, 0.2) is 0 Å². The molecule has 0 aromatic heterocycles. The number of amides is 1. The van der Waals surface area contributed by atoms with E-state index in [-0.39, 0.29) is 11.4 Å². The molecule has 2 N–H and O–H groups in total. The SMILES string of the molecule is Cc1ccc(CN2NC3C(=C2C(=O)NC(C)(C)C)C2CCC3C2)cc1. The highest BCUT2D eigenvalue weighted by atomic mass is 16.2. The molecule has 1 aromatic carbocycles. The first-order valence-electron chi connectivity index (χ1n) is 9.47. The molecule has 1 aliphatic heterocycles. The molecule has 4 rings (SSSR count). The molecule has 4 nitrogen and oxygen atoms in total. The van der Waals surface area contributed by atoms with E-state index in [4.69, 9.17) is 0 Å². The van der Waals surface area contributed by atoms with E-state index in [1.807, 2.05) is 20.8 Å². The van der Waals surface area contributed by atoms with Crippen molar-refractivity contribution in [3.05, 3.63) is 46.7 Å². The lowest BCUT2D eigenvalue weighted by molar-refractivity contribution is -0.120. The van der Waals surface area contributed by atoms with Crippen molar-refractivity contribution in [2.45, 2.75) is 65.1 Å². The predicted molar refractivity (Wildman–Crippen MR) is 99.4 cm³/mol. The van der Waals surface area contributed by atoms with Crippen molar-refractivity contribution in [2.75, 3.05) is 0 Å². The van der Waals surface area contributed by atoms with Gasteiger partial charge in [0.2, 0.25) is 0 Å². The highest BCUT2D eigenvalue weighted by Crippen LogP contribution is 2.52. The smallest absolute Gasteiger partial charge is 0.269 e. The van der Waals surface area contributed by atoms with E-state index in [0.717, 1.165) is 12.2 Å². The van der Waals surface area contributed by atoms with Gasteiger partial charge in [-0.25, -0.2) is 5.43 Å². The van der Waals surface area contributed by atoms with E-state index < -0.39 is 0 Å². The maximum atomic E-state index is 13.1. The van der Waals surface area contributed by atoms with Gasteiger partial charge in [-0.05, 0) is 69.9 Å². The van der Waals surface area contributed by atoms with Crippen LogP contribution in [0.4, 0.5) is 0 Å². The number of benzene rings is 1. The summed E-state index contributed by atoms with van der Waals surface area (Å²) in [5.41, 5.74) is 8.17. The van der Waals surface area contributed by atoms with E-state index in [0.29, 0.717) is 17.9 Å². The minimum absolute atomic E-state index is 0.0668. The summed E-state index contributed by atoms with van der Waals surface area (Å²) in [6.45, 7) is 8.96. The van der Waals surface area contributed by atoms with Crippen LogP contribution < -0.4 is 10.7 Å². The lowest BCUT2D eigenvalue weighted by Crippen LogP contribution is -2.46. The van der Waals surface area contributed by atoms with Crippen molar-refractivity contribution in [1.82, 2.24) is 15.8 Å². The normalized spacial score (nSPS) is 27.8. The summed E-state index contributed by atoms with van der Waals surface area (Å²) in [6.07, 6.45) is 3.78. The Kier molecular flexibility index (Phi) is 3.91. The Bertz CT molecular complexity index is 714. The summed E-state index contributed by atoms with van der Waals surface area (Å²) in [5.74, 6) is 1.35. The number of rotatable bonds is 3. The third-order valence-electron chi connectivity index (χ3n) is 5.72. The average Bonchev–Trinajstić information content (AvgIpc) is 3.19. The van der Waals surface area contributed by atoms with Crippen LogP contribution in [0.1, 0.15) is 51.2 Å². The lowest BCUT2D eigenvalue weighted by Gasteiger charge is -2.27. The van der Waals surface area contributed by atoms with Crippen LogP contribution in [-0.4, -0.2) is 22.5 Å². The first-order valence-corrected chi connectivity index (χ1v) is 9.47. The molecule has 1 heterocycles. The molecule has 25 heavy (non-hydrogen) atoms. The van der Waals surface area contributed by atoms with Crippen molar-refractivity contribution in [3.8, 4) is 0 Å². The van der Waals surface area contributed by atoms with Crippen LogP contribution in [0.2, 0.25) is 0 Å². The topological polar surface area (TPSA) is 44.4 Å². The fraction of sp³-hybridized carbons (Fsp3) is 0.571. The van der Waals surface area contributed by atoms with E-state index in [2.05, 4.69) is 46.9 Å². The summed E-state index contributed by atoms with van der Waals surface area (Å²) in [7, 11) is 0. The van der Waals surface area contributed by atoms with Crippen LogP contribution in [0.5, 0.6) is 0 Å². The first-order chi connectivity index (χ1) is 11.8. The Balaban J connectivity index is 1.64. The number of fused-ring (bicyclic) bond motifs is 5. The van der Waals surface area contributed by atoms with Gasteiger partial charge in [-0.2, -0.15) is 0 Å². The molecule has 3 unspecified atom stereocenters. The molecule has 0 spiro atoms. The molecule has 1 aromatic rings. The molecule has 3 atom stereocenters. The number of aryl methyl sites for hydroxylation is 1. The highest BCUT2D eigenvalue weighted by Gasteiger charge is 2.51. The molecule has 2 saturated carbocycles. The molecular formula is C21H29N3O. The molecule has 0 radical (unpaired) electrons. The van der Waals surface area contributed by atoms with Crippen LogP contribution in [0, 0.1) is 18.8 Å². The van der Waals surface area contributed by atoms with Crippen LogP contribution >= 0.6 is 0 Å². The molecule has 0 saturated heterocycles. The molecule has 2 bridgehead atoms. The number of hydrogen-bond donors (Lipinski definition) is 2.